The first kappa shape index (κ1) is 36.0. The van der Waals surface area contributed by atoms with E-state index in [0.29, 0.717) is 17.6 Å². The minimum atomic E-state index is 0.531. The van der Waals surface area contributed by atoms with E-state index in [9.17, 15) is 0 Å². The zero-order valence-electron chi connectivity index (χ0n) is 34.5. The maximum Gasteiger partial charge on any atom is 0.238 e. The summed E-state index contributed by atoms with van der Waals surface area (Å²) in [6, 6.07) is 76.8. The third-order valence-electron chi connectivity index (χ3n) is 12.7. The van der Waals surface area contributed by atoms with Crippen LogP contribution in [0.1, 0.15) is 0 Å². The molecule has 0 aliphatic heterocycles. The van der Waals surface area contributed by atoms with Gasteiger partial charge in [-0.3, -0.25) is 4.57 Å². The molecule has 298 valence electrons. The van der Waals surface area contributed by atoms with E-state index >= 15 is 0 Å². The third kappa shape index (κ3) is 5.75. The molecule has 0 radical (unpaired) electrons. The van der Waals surface area contributed by atoms with Crippen LogP contribution in [-0.2, 0) is 0 Å². The number of hydrogen-bond acceptors (Lipinski definition) is 4. The van der Waals surface area contributed by atoms with Crippen LogP contribution in [0.2, 0.25) is 0 Å². The first-order valence-corrected chi connectivity index (χ1v) is 21.6. The van der Waals surface area contributed by atoms with E-state index in [0.717, 1.165) is 104 Å². The van der Waals surface area contributed by atoms with Crippen LogP contribution in [0.3, 0.4) is 0 Å². The minimum absolute atomic E-state index is 0.531. The lowest BCUT2D eigenvalue weighted by atomic mass is 9.93. The van der Waals surface area contributed by atoms with Crippen LogP contribution in [0.25, 0.3) is 127 Å². The molecule has 0 unspecified atom stereocenters. The first-order valence-electron chi connectivity index (χ1n) is 21.6. The van der Waals surface area contributed by atoms with Gasteiger partial charge in [0, 0.05) is 43.8 Å². The highest BCUT2D eigenvalue weighted by molar-refractivity contribution is 6.26. The Balaban J connectivity index is 1.12. The van der Waals surface area contributed by atoms with Crippen LogP contribution in [0.15, 0.2) is 223 Å². The summed E-state index contributed by atoms with van der Waals surface area (Å²) in [5.41, 5.74) is 12.1. The fraction of sp³-hybridized carbons (Fsp3) is 0. The Hall–Kier alpha value is -8.67. The average molecular weight is 817 g/mol. The van der Waals surface area contributed by atoms with Crippen molar-refractivity contribution in [1.82, 2.24) is 19.5 Å². The molecule has 0 N–H and O–H groups in total. The summed E-state index contributed by atoms with van der Waals surface area (Å²) in [6.45, 7) is 0. The average Bonchev–Trinajstić information content (AvgIpc) is 3.92. The fourth-order valence-corrected chi connectivity index (χ4v) is 9.64. The summed E-state index contributed by atoms with van der Waals surface area (Å²) >= 11 is 0. The van der Waals surface area contributed by atoms with E-state index in [-0.39, 0.29) is 0 Å². The number of fused-ring (bicyclic) bond motifs is 9. The molecule has 13 rings (SSSR count). The van der Waals surface area contributed by atoms with E-state index in [2.05, 4.69) is 205 Å². The summed E-state index contributed by atoms with van der Waals surface area (Å²) < 4.78 is 9.13. The number of hydrogen-bond donors (Lipinski definition) is 0. The van der Waals surface area contributed by atoms with Gasteiger partial charge >= 0.3 is 0 Å². The number of rotatable bonds is 6. The molecule has 3 aromatic heterocycles. The smallest absolute Gasteiger partial charge is 0.238 e. The van der Waals surface area contributed by atoms with Crippen molar-refractivity contribution in [3.63, 3.8) is 0 Å². The Labute approximate surface area is 368 Å². The van der Waals surface area contributed by atoms with Gasteiger partial charge in [-0.1, -0.05) is 200 Å². The molecule has 13 aromatic rings. The highest BCUT2D eigenvalue weighted by Gasteiger charge is 2.25. The number of aromatic nitrogens is 4. The molecule has 0 saturated carbocycles. The van der Waals surface area contributed by atoms with E-state index in [1.807, 2.05) is 18.2 Å². The second-order valence-corrected chi connectivity index (χ2v) is 16.3. The standard InChI is InChI=1S/C59H36N4O/c1-3-14-37(15-4-1)39-26-30-42(31-27-39)57-60-58(43-32-28-40(29-33-43)38-16-5-2-6-17-38)62-59(61-57)63-51-35-34-41-18-7-9-20-45(41)53(51)48-23-13-24-49(55(48)63)54-46-21-10-8-19-44(46)36-50-47-22-11-12-25-52(47)64-56(50)54/h1-36H. The van der Waals surface area contributed by atoms with Crippen LogP contribution in [0, 0.1) is 0 Å². The largest absolute Gasteiger partial charge is 0.455 e. The number of benzene rings is 10. The zero-order chi connectivity index (χ0) is 42.1. The maximum atomic E-state index is 6.87. The van der Waals surface area contributed by atoms with Gasteiger partial charge in [0.25, 0.3) is 0 Å². The van der Waals surface area contributed by atoms with Crippen molar-refractivity contribution in [3.05, 3.63) is 218 Å². The van der Waals surface area contributed by atoms with Crippen molar-refractivity contribution in [2.75, 3.05) is 0 Å². The molecule has 64 heavy (non-hydrogen) atoms. The fourth-order valence-electron chi connectivity index (χ4n) is 9.64. The van der Waals surface area contributed by atoms with Gasteiger partial charge in [0.15, 0.2) is 11.6 Å². The molecule has 0 aliphatic carbocycles. The summed E-state index contributed by atoms with van der Waals surface area (Å²) in [6.07, 6.45) is 0. The number of para-hydroxylation sites is 2. The van der Waals surface area contributed by atoms with Crippen LogP contribution in [0.5, 0.6) is 0 Å². The topological polar surface area (TPSA) is 56.7 Å². The molecule has 5 heteroatoms. The molecular formula is C59H36N4O. The van der Waals surface area contributed by atoms with Crippen LogP contribution in [0.4, 0.5) is 0 Å². The van der Waals surface area contributed by atoms with Crippen molar-refractivity contribution in [3.8, 4) is 62.1 Å². The van der Waals surface area contributed by atoms with E-state index < -0.39 is 0 Å². The lowest BCUT2D eigenvalue weighted by Crippen LogP contribution is -2.07. The molecule has 5 nitrogen and oxygen atoms in total. The van der Waals surface area contributed by atoms with Crippen LogP contribution < -0.4 is 0 Å². The molecule has 0 saturated heterocycles. The van der Waals surface area contributed by atoms with Crippen molar-refractivity contribution in [1.29, 1.82) is 0 Å². The van der Waals surface area contributed by atoms with Gasteiger partial charge in [-0.15, -0.1) is 0 Å². The van der Waals surface area contributed by atoms with Gasteiger partial charge in [0.2, 0.25) is 5.95 Å². The molecule has 0 fully saturated rings. The molecule has 0 atom stereocenters. The summed E-state index contributed by atoms with van der Waals surface area (Å²) in [7, 11) is 0. The van der Waals surface area contributed by atoms with Crippen LogP contribution in [-0.4, -0.2) is 19.5 Å². The van der Waals surface area contributed by atoms with Crippen LogP contribution >= 0.6 is 0 Å². The van der Waals surface area contributed by atoms with E-state index in [1.165, 1.54) is 5.39 Å². The Morgan fingerprint density at radius 1 is 0.359 bits per heavy atom. The second-order valence-electron chi connectivity index (χ2n) is 16.3. The van der Waals surface area contributed by atoms with Crippen molar-refractivity contribution < 1.29 is 4.42 Å². The van der Waals surface area contributed by atoms with Crippen molar-refractivity contribution in [2.45, 2.75) is 0 Å². The number of furan rings is 1. The molecule has 3 heterocycles. The van der Waals surface area contributed by atoms with Crippen molar-refractivity contribution in [2.24, 2.45) is 0 Å². The molecule has 0 aliphatic rings. The first-order chi connectivity index (χ1) is 31.7. The Morgan fingerprint density at radius 2 is 0.891 bits per heavy atom. The van der Waals surface area contributed by atoms with Crippen molar-refractivity contribution >= 4 is 65.3 Å². The second kappa shape index (κ2) is 14.5. The summed E-state index contributed by atoms with van der Waals surface area (Å²) in [5, 5.41) is 8.99. The normalized spacial score (nSPS) is 11.8. The van der Waals surface area contributed by atoms with Gasteiger partial charge in [-0.2, -0.15) is 9.97 Å². The predicted molar refractivity (Wildman–Crippen MR) is 264 cm³/mol. The Morgan fingerprint density at radius 3 is 1.56 bits per heavy atom. The number of nitrogens with zero attached hydrogens (tertiary/aromatic N) is 4. The molecule has 0 spiro atoms. The molecule has 0 bridgehead atoms. The van der Waals surface area contributed by atoms with E-state index in [1.54, 1.807) is 0 Å². The van der Waals surface area contributed by atoms with Gasteiger partial charge in [-0.05, 0) is 62.0 Å². The Kier molecular flexibility index (Phi) is 8.15. The SMILES string of the molecule is c1ccc(-c2ccc(-c3nc(-c4ccc(-c5ccccc5)cc4)nc(-n4c5ccc6ccccc6c5c5cccc(-c6c7ccccc7cc7c6oc6ccccc67)c54)n3)cc2)cc1. The van der Waals surface area contributed by atoms with Gasteiger partial charge in [0.05, 0.1) is 11.0 Å². The predicted octanol–water partition coefficient (Wildman–Crippen LogP) is 15.5. The highest BCUT2D eigenvalue weighted by Crippen LogP contribution is 2.46. The minimum Gasteiger partial charge on any atom is -0.455 e. The molecular weight excluding hydrogens is 781 g/mol. The Bertz CT molecular complexity index is 3830. The quantitative estimate of drug-likeness (QED) is 0.168. The third-order valence-corrected chi connectivity index (χ3v) is 12.7. The summed E-state index contributed by atoms with van der Waals surface area (Å²) in [4.78, 5) is 16.1. The van der Waals surface area contributed by atoms with Gasteiger partial charge in [0.1, 0.15) is 11.2 Å². The molecule has 10 aromatic carbocycles. The van der Waals surface area contributed by atoms with E-state index in [4.69, 9.17) is 19.4 Å². The zero-order valence-corrected chi connectivity index (χ0v) is 34.5. The lowest BCUT2D eigenvalue weighted by Gasteiger charge is -2.15. The summed E-state index contributed by atoms with van der Waals surface area (Å²) in [5.74, 6) is 1.71. The van der Waals surface area contributed by atoms with Gasteiger partial charge < -0.3 is 4.42 Å². The van der Waals surface area contributed by atoms with Gasteiger partial charge in [-0.25, -0.2) is 4.98 Å². The lowest BCUT2D eigenvalue weighted by molar-refractivity contribution is 0.670. The monoisotopic (exact) mass is 816 g/mol. The highest BCUT2D eigenvalue weighted by atomic mass is 16.3. The molecule has 0 amide bonds. The maximum absolute atomic E-state index is 6.87.